The fourth-order valence-electron chi connectivity index (χ4n) is 3.31. The lowest BCUT2D eigenvalue weighted by atomic mass is 10.1. The van der Waals surface area contributed by atoms with Gasteiger partial charge in [-0.2, -0.15) is 9.82 Å². The van der Waals surface area contributed by atoms with Crippen LogP contribution in [0.1, 0.15) is 18.5 Å². The SMILES string of the molecule is Cc1cc(N2CCC[C@H](NS(=O)(=O)c3cccc4nonc34)C2=O)n(C)n1. The van der Waals surface area contributed by atoms with Crippen LogP contribution in [0.15, 0.2) is 33.8 Å². The van der Waals surface area contributed by atoms with Gasteiger partial charge in [-0.15, -0.1) is 0 Å². The highest BCUT2D eigenvalue weighted by Gasteiger charge is 2.35. The Hall–Kier alpha value is -2.79. The molecule has 0 radical (unpaired) electrons. The van der Waals surface area contributed by atoms with E-state index < -0.39 is 16.1 Å². The number of hydrogen-bond donors (Lipinski definition) is 1. The van der Waals surface area contributed by atoms with E-state index in [0.717, 1.165) is 5.69 Å². The van der Waals surface area contributed by atoms with Gasteiger partial charge in [0.2, 0.25) is 15.9 Å². The first-order valence-electron chi connectivity index (χ1n) is 8.42. The maximum atomic E-state index is 12.9. The van der Waals surface area contributed by atoms with E-state index in [0.29, 0.717) is 30.7 Å². The molecule has 0 saturated carbocycles. The average molecular weight is 390 g/mol. The predicted octanol–water partition coefficient (Wildman–Crippen LogP) is 0.739. The number of hydrogen-bond acceptors (Lipinski definition) is 7. The van der Waals surface area contributed by atoms with E-state index in [9.17, 15) is 13.2 Å². The maximum absolute atomic E-state index is 12.9. The second-order valence-electron chi connectivity index (χ2n) is 6.46. The lowest BCUT2D eigenvalue weighted by molar-refractivity contribution is -0.121. The molecule has 3 heterocycles. The van der Waals surface area contributed by atoms with Gasteiger partial charge in [0.05, 0.1) is 5.69 Å². The van der Waals surface area contributed by atoms with Crippen molar-refractivity contribution in [1.29, 1.82) is 0 Å². The first-order chi connectivity index (χ1) is 12.9. The van der Waals surface area contributed by atoms with Crippen molar-refractivity contribution in [2.24, 2.45) is 7.05 Å². The molecule has 3 aromatic rings. The molecule has 0 bridgehead atoms. The number of benzene rings is 1. The quantitative estimate of drug-likeness (QED) is 0.697. The number of carbonyl (C=O) groups excluding carboxylic acids is 1. The first kappa shape index (κ1) is 17.6. The van der Waals surface area contributed by atoms with Gasteiger partial charge in [0.1, 0.15) is 22.3 Å². The van der Waals surface area contributed by atoms with Crippen molar-refractivity contribution in [3.05, 3.63) is 30.0 Å². The third kappa shape index (κ3) is 3.08. The van der Waals surface area contributed by atoms with E-state index in [4.69, 9.17) is 0 Å². The molecule has 142 valence electrons. The lowest BCUT2D eigenvalue weighted by Crippen LogP contribution is -2.52. The van der Waals surface area contributed by atoms with E-state index >= 15 is 0 Å². The van der Waals surface area contributed by atoms with Crippen LogP contribution < -0.4 is 9.62 Å². The highest BCUT2D eigenvalue weighted by atomic mass is 32.2. The van der Waals surface area contributed by atoms with Gasteiger partial charge in [-0.3, -0.25) is 14.4 Å². The average Bonchev–Trinajstić information content (AvgIpc) is 3.22. The molecule has 1 aliphatic heterocycles. The van der Waals surface area contributed by atoms with Crippen molar-refractivity contribution in [3.8, 4) is 0 Å². The number of nitrogens with one attached hydrogen (secondary N) is 1. The molecule has 1 aromatic carbocycles. The Kier molecular flexibility index (Phi) is 4.19. The Morgan fingerprint density at radius 1 is 1.30 bits per heavy atom. The molecular weight excluding hydrogens is 372 g/mol. The van der Waals surface area contributed by atoms with Crippen LogP contribution in [0.4, 0.5) is 5.82 Å². The molecular formula is C16H18N6O4S. The number of anilines is 1. The topological polar surface area (TPSA) is 123 Å². The van der Waals surface area contributed by atoms with Gasteiger partial charge in [-0.05, 0) is 42.2 Å². The van der Waals surface area contributed by atoms with Gasteiger partial charge >= 0.3 is 0 Å². The fourth-order valence-corrected chi connectivity index (χ4v) is 4.68. The number of piperidine rings is 1. The second-order valence-corrected chi connectivity index (χ2v) is 8.14. The molecule has 1 atom stereocenters. The highest BCUT2D eigenvalue weighted by molar-refractivity contribution is 7.89. The molecule has 1 saturated heterocycles. The summed E-state index contributed by atoms with van der Waals surface area (Å²) in [5.41, 5.74) is 1.25. The minimum atomic E-state index is -3.98. The zero-order valence-electron chi connectivity index (χ0n) is 14.8. The van der Waals surface area contributed by atoms with Crippen LogP contribution in [-0.4, -0.2) is 47.0 Å². The molecule has 1 fully saturated rings. The molecule has 0 unspecified atom stereocenters. The van der Waals surface area contributed by atoms with Crippen molar-refractivity contribution in [1.82, 2.24) is 24.8 Å². The lowest BCUT2D eigenvalue weighted by Gasteiger charge is -2.32. The maximum Gasteiger partial charge on any atom is 0.246 e. The van der Waals surface area contributed by atoms with Gasteiger partial charge < -0.3 is 0 Å². The Morgan fingerprint density at radius 2 is 2.11 bits per heavy atom. The second kappa shape index (κ2) is 6.43. The Morgan fingerprint density at radius 3 is 2.85 bits per heavy atom. The molecule has 1 N–H and O–H groups in total. The van der Waals surface area contributed by atoms with Gasteiger partial charge in [0.15, 0.2) is 5.52 Å². The van der Waals surface area contributed by atoms with Crippen molar-refractivity contribution < 1.29 is 17.8 Å². The summed E-state index contributed by atoms with van der Waals surface area (Å²) < 4.78 is 34.5. The van der Waals surface area contributed by atoms with Crippen LogP contribution in [0.25, 0.3) is 11.0 Å². The van der Waals surface area contributed by atoms with Crippen LogP contribution in [0.5, 0.6) is 0 Å². The normalized spacial score (nSPS) is 18.4. The van der Waals surface area contributed by atoms with E-state index in [1.807, 2.05) is 6.92 Å². The molecule has 0 aliphatic carbocycles. The summed E-state index contributed by atoms with van der Waals surface area (Å²) in [6.07, 6.45) is 1.08. The van der Waals surface area contributed by atoms with Crippen molar-refractivity contribution in [3.63, 3.8) is 0 Å². The zero-order valence-corrected chi connectivity index (χ0v) is 15.6. The third-order valence-electron chi connectivity index (χ3n) is 4.53. The number of amides is 1. The minimum Gasteiger partial charge on any atom is -0.296 e. The van der Waals surface area contributed by atoms with Crippen molar-refractivity contribution >= 4 is 32.8 Å². The fraction of sp³-hybridized carbons (Fsp3) is 0.375. The number of nitrogens with zero attached hydrogens (tertiary/aromatic N) is 5. The summed E-state index contributed by atoms with van der Waals surface area (Å²) in [5.74, 6) is 0.336. The van der Waals surface area contributed by atoms with Crippen LogP contribution in [0.2, 0.25) is 0 Å². The Balaban J connectivity index is 1.62. The molecule has 10 nitrogen and oxygen atoms in total. The van der Waals surface area contributed by atoms with Crippen LogP contribution in [0, 0.1) is 6.92 Å². The van der Waals surface area contributed by atoms with E-state index in [1.54, 1.807) is 34.8 Å². The summed E-state index contributed by atoms with van der Waals surface area (Å²) in [7, 11) is -2.23. The molecule has 0 spiro atoms. The molecule has 27 heavy (non-hydrogen) atoms. The van der Waals surface area contributed by atoms with Gasteiger partial charge in [-0.1, -0.05) is 6.07 Å². The Bertz CT molecular complexity index is 1120. The summed E-state index contributed by atoms with van der Waals surface area (Å²) >= 11 is 0. The van der Waals surface area contributed by atoms with Gasteiger partial charge in [-0.25, -0.2) is 13.0 Å². The number of rotatable bonds is 4. The van der Waals surface area contributed by atoms with Crippen molar-refractivity contribution in [2.75, 3.05) is 11.4 Å². The summed E-state index contributed by atoms with van der Waals surface area (Å²) in [5, 5.41) is 11.6. The van der Waals surface area contributed by atoms with E-state index in [-0.39, 0.29) is 16.3 Å². The summed E-state index contributed by atoms with van der Waals surface area (Å²) in [6.45, 7) is 2.35. The molecule has 2 aromatic heterocycles. The number of fused-ring (bicyclic) bond motifs is 1. The summed E-state index contributed by atoms with van der Waals surface area (Å²) in [6, 6.07) is 5.49. The third-order valence-corrected chi connectivity index (χ3v) is 6.03. The largest absolute Gasteiger partial charge is 0.296 e. The number of carbonyl (C=O) groups is 1. The standard InChI is InChI=1S/C16H18N6O4S/c1-10-9-14(21(2)17-10)22-8-4-6-12(16(22)23)20-27(24,25)13-7-3-5-11-15(13)19-26-18-11/h3,5,7,9,12,20H,4,6,8H2,1-2H3/t12-/m0/s1. The summed E-state index contributed by atoms with van der Waals surface area (Å²) in [4.78, 5) is 14.4. The number of aryl methyl sites for hydroxylation is 2. The van der Waals surface area contributed by atoms with E-state index in [2.05, 4.69) is 24.8 Å². The predicted molar refractivity (Wildman–Crippen MR) is 95.4 cm³/mol. The van der Waals surface area contributed by atoms with Gasteiger partial charge in [0.25, 0.3) is 0 Å². The highest BCUT2D eigenvalue weighted by Crippen LogP contribution is 2.24. The molecule has 1 aliphatic rings. The number of sulfonamides is 1. The first-order valence-corrected chi connectivity index (χ1v) is 9.91. The smallest absolute Gasteiger partial charge is 0.246 e. The zero-order chi connectivity index (χ0) is 19.2. The monoisotopic (exact) mass is 390 g/mol. The molecule has 11 heteroatoms. The Labute approximate surface area is 155 Å². The van der Waals surface area contributed by atoms with E-state index in [1.165, 1.54) is 6.07 Å². The van der Waals surface area contributed by atoms with Crippen LogP contribution >= 0.6 is 0 Å². The van der Waals surface area contributed by atoms with Crippen LogP contribution in [-0.2, 0) is 21.9 Å². The van der Waals surface area contributed by atoms with Gasteiger partial charge in [0, 0.05) is 19.7 Å². The minimum absolute atomic E-state index is 0.0671. The molecule has 1 amide bonds. The van der Waals surface area contributed by atoms with Crippen LogP contribution in [0.3, 0.4) is 0 Å². The molecule has 4 rings (SSSR count). The number of aromatic nitrogens is 4. The van der Waals surface area contributed by atoms with Crippen molar-refractivity contribution in [2.45, 2.75) is 30.7 Å².